The van der Waals surface area contributed by atoms with Gasteiger partial charge in [-0.3, -0.25) is 0 Å². The predicted molar refractivity (Wildman–Crippen MR) is 69.7 cm³/mol. The molecule has 0 spiro atoms. The molecule has 1 aliphatic rings. The zero-order valence-electron chi connectivity index (χ0n) is 11.5. The molecule has 1 saturated carbocycles. The Labute approximate surface area is 101 Å². The van der Waals surface area contributed by atoms with Crippen molar-refractivity contribution in [1.29, 1.82) is 0 Å². The average Bonchev–Trinajstić information content (AvgIpc) is 2.26. The zero-order chi connectivity index (χ0) is 12.0. The highest BCUT2D eigenvalue weighted by molar-refractivity contribution is 4.81. The lowest BCUT2D eigenvalue weighted by molar-refractivity contribution is 0.116. The lowest BCUT2D eigenvalue weighted by Crippen LogP contribution is -2.42. The van der Waals surface area contributed by atoms with Crippen molar-refractivity contribution in [3.8, 4) is 0 Å². The Morgan fingerprint density at radius 3 is 2.62 bits per heavy atom. The summed E-state index contributed by atoms with van der Waals surface area (Å²) in [7, 11) is 0. The molecule has 0 heterocycles. The van der Waals surface area contributed by atoms with Crippen molar-refractivity contribution in [1.82, 2.24) is 5.32 Å². The van der Waals surface area contributed by atoms with Gasteiger partial charge in [-0.1, -0.05) is 26.7 Å². The van der Waals surface area contributed by atoms with Crippen LogP contribution in [0.4, 0.5) is 0 Å². The lowest BCUT2D eigenvalue weighted by Gasteiger charge is -2.33. The molecule has 1 fully saturated rings. The van der Waals surface area contributed by atoms with Crippen molar-refractivity contribution in [2.75, 3.05) is 13.2 Å². The quantitative estimate of drug-likeness (QED) is 0.752. The molecule has 1 N–H and O–H groups in total. The van der Waals surface area contributed by atoms with Crippen molar-refractivity contribution in [2.24, 2.45) is 11.8 Å². The molecule has 2 heteroatoms. The van der Waals surface area contributed by atoms with E-state index in [1.54, 1.807) is 0 Å². The summed E-state index contributed by atoms with van der Waals surface area (Å²) in [5, 5.41) is 3.71. The van der Waals surface area contributed by atoms with Crippen LogP contribution in [-0.4, -0.2) is 25.3 Å². The van der Waals surface area contributed by atoms with Crippen LogP contribution >= 0.6 is 0 Å². The van der Waals surface area contributed by atoms with Gasteiger partial charge in [-0.15, -0.1) is 0 Å². The number of hydrogen-bond acceptors (Lipinski definition) is 2. The van der Waals surface area contributed by atoms with E-state index in [1.807, 2.05) is 0 Å². The van der Waals surface area contributed by atoms with Crippen LogP contribution in [0.5, 0.6) is 0 Å². The van der Waals surface area contributed by atoms with Gasteiger partial charge in [-0.25, -0.2) is 0 Å². The monoisotopic (exact) mass is 227 g/mol. The summed E-state index contributed by atoms with van der Waals surface area (Å²) >= 11 is 0. The van der Waals surface area contributed by atoms with E-state index in [2.05, 4.69) is 33.0 Å². The molecular weight excluding hydrogens is 198 g/mol. The van der Waals surface area contributed by atoms with Crippen molar-refractivity contribution in [3.05, 3.63) is 0 Å². The second-order valence-corrected chi connectivity index (χ2v) is 5.59. The third kappa shape index (κ3) is 4.84. The first-order chi connectivity index (χ1) is 7.63. The summed E-state index contributed by atoms with van der Waals surface area (Å²) in [5.74, 6) is 1.76. The molecule has 0 bridgehead atoms. The number of ether oxygens (including phenoxy) is 1. The standard InChI is InChI=1S/C14H29NO/c1-5-16-10-12(4)15-14-8-6-7-13(9-14)11(2)3/h11-15H,5-10H2,1-4H3. The first-order valence-electron chi connectivity index (χ1n) is 6.97. The van der Waals surface area contributed by atoms with E-state index in [-0.39, 0.29) is 0 Å². The summed E-state index contributed by atoms with van der Waals surface area (Å²) in [6.45, 7) is 10.7. The summed E-state index contributed by atoms with van der Waals surface area (Å²) in [6.07, 6.45) is 5.52. The first kappa shape index (κ1) is 14.0. The van der Waals surface area contributed by atoms with Gasteiger partial charge in [0.25, 0.3) is 0 Å². The number of nitrogens with one attached hydrogen (secondary N) is 1. The molecule has 16 heavy (non-hydrogen) atoms. The smallest absolute Gasteiger partial charge is 0.0616 e. The van der Waals surface area contributed by atoms with Crippen LogP contribution in [0.3, 0.4) is 0 Å². The average molecular weight is 227 g/mol. The van der Waals surface area contributed by atoms with Crippen LogP contribution in [0, 0.1) is 11.8 Å². The number of rotatable bonds is 6. The lowest BCUT2D eigenvalue weighted by atomic mass is 9.79. The summed E-state index contributed by atoms with van der Waals surface area (Å²) in [5.41, 5.74) is 0. The highest BCUT2D eigenvalue weighted by Crippen LogP contribution is 2.30. The van der Waals surface area contributed by atoms with Crippen molar-refractivity contribution >= 4 is 0 Å². The van der Waals surface area contributed by atoms with Gasteiger partial charge in [0, 0.05) is 18.7 Å². The fourth-order valence-electron chi connectivity index (χ4n) is 2.73. The van der Waals surface area contributed by atoms with Crippen LogP contribution in [0.15, 0.2) is 0 Å². The highest BCUT2D eigenvalue weighted by Gasteiger charge is 2.24. The van der Waals surface area contributed by atoms with Crippen LogP contribution in [0.25, 0.3) is 0 Å². The molecule has 0 amide bonds. The Morgan fingerprint density at radius 1 is 1.25 bits per heavy atom. The van der Waals surface area contributed by atoms with Crippen LogP contribution in [-0.2, 0) is 4.74 Å². The maximum atomic E-state index is 5.45. The predicted octanol–water partition coefficient (Wildman–Crippen LogP) is 3.22. The Morgan fingerprint density at radius 2 is 2.00 bits per heavy atom. The normalized spacial score (nSPS) is 28.3. The third-order valence-electron chi connectivity index (χ3n) is 3.75. The van der Waals surface area contributed by atoms with Gasteiger partial charge in [-0.05, 0) is 38.5 Å². The van der Waals surface area contributed by atoms with Crippen LogP contribution in [0.2, 0.25) is 0 Å². The third-order valence-corrected chi connectivity index (χ3v) is 3.75. The van der Waals surface area contributed by atoms with Gasteiger partial charge in [0.1, 0.15) is 0 Å². The van der Waals surface area contributed by atoms with E-state index in [0.29, 0.717) is 6.04 Å². The topological polar surface area (TPSA) is 21.3 Å². The fourth-order valence-corrected chi connectivity index (χ4v) is 2.73. The molecule has 0 aromatic rings. The van der Waals surface area contributed by atoms with E-state index < -0.39 is 0 Å². The maximum absolute atomic E-state index is 5.45. The van der Waals surface area contributed by atoms with Crippen LogP contribution in [0.1, 0.15) is 53.4 Å². The van der Waals surface area contributed by atoms with Gasteiger partial charge >= 0.3 is 0 Å². The molecule has 0 aromatic heterocycles. The summed E-state index contributed by atoms with van der Waals surface area (Å²) < 4.78 is 5.45. The van der Waals surface area contributed by atoms with Crippen LogP contribution < -0.4 is 5.32 Å². The van der Waals surface area contributed by atoms with Gasteiger partial charge in [0.05, 0.1) is 6.61 Å². The second-order valence-electron chi connectivity index (χ2n) is 5.59. The van der Waals surface area contributed by atoms with Gasteiger partial charge < -0.3 is 10.1 Å². The molecule has 3 unspecified atom stereocenters. The molecule has 0 aromatic carbocycles. The minimum absolute atomic E-state index is 0.496. The van der Waals surface area contributed by atoms with Crippen molar-refractivity contribution < 1.29 is 4.74 Å². The largest absolute Gasteiger partial charge is 0.380 e. The number of hydrogen-bond donors (Lipinski definition) is 1. The molecule has 96 valence electrons. The molecule has 1 aliphatic carbocycles. The van der Waals surface area contributed by atoms with E-state index in [4.69, 9.17) is 4.74 Å². The molecule has 0 radical (unpaired) electrons. The van der Waals surface area contributed by atoms with E-state index in [9.17, 15) is 0 Å². The molecular formula is C14H29NO. The molecule has 2 nitrogen and oxygen atoms in total. The Hall–Kier alpha value is -0.0800. The molecule has 3 atom stereocenters. The van der Waals surface area contributed by atoms with Crippen molar-refractivity contribution in [2.45, 2.75) is 65.5 Å². The Kier molecular flexibility index (Phi) is 6.37. The van der Waals surface area contributed by atoms with E-state index in [1.165, 1.54) is 25.7 Å². The zero-order valence-corrected chi connectivity index (χ0v) is 11.5. The van der Waals surface area contributed by atoms with E-state index >= 15 is 0 Å². The van der Waals surface area contributed by atoms with Gasteiger partial charge in [-0.2, -0.15) is 0 Å². The second kappa shape index (κ2) is 7.29. The SMILES string of the molecule is CCOCC(C)NC1CCCC(C(C)C)C1. The summed E-state index contributed by atoms with van der Waals surface area (Å²) in [4.78, 5) is 0. The van der Waals surface area contributed by atoms with Gasteiger partial charge in [0.2, 0.25) is 0 Å². The summed E-state index contributed by atoms with van der Waals surface area (Å²) in [6, 6.07) is 1.22. The Balaban J connectivity index is 2.25. The molecule has 0 aliphatic heterocycles. The molecule has 1 rings (SSSR count). The van der Waals surface area contributed by atoms with E-state index in [0.717, 1.165) is 31.1 Å². The van der Waals surface area contributed by atoms with Crippen molar-refractivity contribution in [3.63, 3.8) is 0 Å². The maximum Gasteiger partial charge on any atom is 0.0616 e. The Bertz CT molecular complexity index is 182. The van der Waals surface area contributed by atoms with Gasteiger partial charge in [0.15, 0.2) is 0 Å². The minimum atomic E-state index is 0.496. The minimum Gasteiger partial charge on any atom is -0.380 e. The highest BCUT2D eigenvalue weighted by atomic mass is 16.5. The fraction of sp³-hybridized carbons (Fsp3) is 1.00. The first-order valence-corrected chi connectivity index (χ1v) is 6.97. The molecule has 0 saturated heterocycles.